The van der Waals surface area contributed by atoms with Gasteiger partial charge in [0.25, 0.3) is 0 Å². The number of thioether (sulfide) groups is 1. The van der Waals surface area contributed by atoms with E-state index in [-0.39, 0.29) is 30.6 Å². The molecule has 7 heteroatoms. The Labute approximate surface area is 129 Å². The topological polar surface area (TPSA) is 90.5 Å². The van der Waals surface area contributed by atoms with Gasteiger partial charge in [0.1, 0.15) is 0 Å². The van der Waals surface area contributed by atoms with Crippen LogP contribution in [0.3, 0.4) is 0 Å². The van der Waals surface area contributed by atoms with E-state index in [4.69, 9.17) is 5.11 Å². The Morgan fingerprint density at radius 1 is 1.29 bits per heavy atom. The molecule has 2 aliphatic rings. The van der Waals surface area contributed by atoms with E-state index in [9.17, 15) is 9.59 Å². The van der Waals surface area contributed by atoms with E-state index < -0.39 is 0 Å². The van der Waals surface area contributed by atoms with E-state index in [0.717, 1.165) is 37.9 Å². The second kappa shape index (κ2) is 8.48. The van der Waals surface area contributed by atoms with Crippen LogP contribution in [0.5, 0.6) is 0 Å². The fourth-order valence-corrected chi connectivity index (χ4v) is 4.37. The van der Waals surface area contributed by atoms with Crippen LogP contribution in [0.25, 0.3) is 0 Å². The molecule has 3 atom stereocenters. The van der Waals surface area contributed by atoms with Gasteiger partial charge in [-0.3, -0.25) is 4.79 Å². The fourth-order valence-electron chi connectivity index (χ4n) is 2.83. The molecule has 4 N–H and O–H groups in total. The number of nitrogens with one attached hydrogen (secondary N) is 3. The Hall–Kier alpha value is -0.950. The molecule has 2 saturated heterocycles. The molecule has 0 bridgehead atoms. The van der Waals surface area contributed by atoms with Gasteiger partial charge in [0.15, 0.2) is 0 Å². The molecule has 3 amide bonds. The number of aliphatic hydroxyl groups excluding tert-OH is 1. The van der Waals surface area contributed by atoms with E-state index in [2.05, 4.69) is 16.0 Å². The predicted molar refractivity (Wildman–Crippen MR) is 83.3 cm³/mol. The number of hydrogen-bond acceptors (Lipinski definition) is 4. The highest BCUT2D eigenvalue weighted by atomic mass is 32.2. The van der Waals surface area contributed by atoms with Crippen molar-refractivity contribution in [1.82, 2.24) is 16.0 Å². The van der Waals surface area contributed by atoms with Crippen molar-refractivity contribution in [3.8, 4) is 0 Å². The zero-order chi connectivity index (χ0) is 15.1. The quantitative estimate of drug-likeness (QED) is 0.370. The average Bonchev–Trinajstić information content (AvgIpc) is 2.99. The van der Waals surface area contributed by atoms with Crippen LogP contribution >= 0.6 is 11.8 Å². The van der Waals surface area contributed by atoms with Crippen LogP contribution < -0.4 is 16.0 Å². The number of carbonyl (C=O) groups is 2. The van der Waals surface area contributed by atoms with Crippen LogP contribution in [-0.4, -0.2) is 53.3 Å². The van der Waals surface area contributed by atoms with Gasteiger partial charge in [-0.15, -0.1) is 0 Å². The fraction of sp³-hybridized carbons (Fsp3) is 0.857. The van der Waals surface area contributed by atoms with Gasteiger partial charge >= 0.3 is 6.03 Å². The summed E-state index contributed by atoms with van der Waals surface area (Å²) in [7, 11) is 0. The number of carbonyl (C=O) groups excluding carboxylic acids is 2. The largest absolute Gasteiger partial charge is 0.396 e. The van der Waals surface area contributed by atoms with Gasteiger partial charge in [-0.1, -0.05) is 6.42 Å². The predicted octanol–water partition coefficient (Wildman–Crippen LogP) is 0.601. The van der Waals surface area contributed by atoms with Crippen molar-refractivity contribution in [2.45, 2.75) is 55.9 Å². The summed E-state index contributed by atoms with van der Waals surface area (Å²) < 4.78 is 0. The lowest BCUT2D eigenvalue weighted by Crippen LogP contribution is -2.36. The van der Waals surface area contributed by atoms with Crippen molar-refractivity contribution < 1.29 is 14.7 Å². The first kappa shape index (κ1) is 16.4. The Morgan fingerprint density at radius 3 is 2.95 bits per heavy atom. The molecule has 0 spiro atoms. The summed E-state index contributed by atoms with van der Waals surface area (Å²) in [5, 5.41) is 17.9. The van der Waals surface area contributed by atoms with Gasteiger partial charge in [-0.2, -0.15) is 11.8 Å². The maximum absolute atomic E-state index is 11.6. The van der Waals surface area contributed by atoms with Crippen molar-refractivity contribution >= 4 is 23.7 Å². The lowest BCUT2D eigenvalue weighted by atomic mass is 10.0. The Balaban J connectivity index is 1.52. The lowest BCUT2D eigenvalue weighted by molar-refractivity contribution is -0.121. The number of amides is 3. The number of rotatable bonds is 9. The highest BCUT2D eigenvalue weighted by molar-refractivity contribution is 8.00. The normalized spacial score (nSPS) is 27.1. The summed E-state index contributed by atoms with van der Waals surface area (Å²) >= 11 is 1.91. The summed E-state index contributed by atoms with van der Waals surface area (Å²) in [6.07, 6.45) is 5.08. The van der Waals surface area contributed by atoms with E-state index in [0.29, 0.717) is 18.2 Å². The van der Waals surface area contributed by atoms with E-state index >= 15 is 0 Å². The molecule has 2 heterocycles. The molecule has 3 unspecified atom stereocenters. The summed E-state index contributed by atoms with van der Waals surface area (Å²) in [6.45, 7) is 0.835. The molecule has 0 aliphatic carbocycles. The smallest absolute Gasteiger partial charge is 0.315 e. The Bertz CT molecular complexity index is 367. The van der Waals surface area contributed by atoms with Gasteiger partial charge in [0, 0.05) is 30.6 Å². The third-order valence-corrected chi connectivity index (χ3v) is 5.50. The molecule has 2 fully saturated rings. The van der Waals surface area contributed by atoms with Crippen molar-refractivity contribution in [3.63, 3.8) is 0 Å². The van der Waals surface area contributed by atoms with E-state index in [1.165, 1.54) is 0 Å². The first-order chi connectivity index (χ1) is 10.2. The van der Waals surface area contributed by atoms with Crippen LogP contribution in [0.1, 0.15) is 38.5 Å². The summed E-state index contributed by atoms with van der Waals surface area (Å²) in [5.74, 6) is 1.08. The average molecular weight is 315 g/mol. The Kier molecular flexibility index (Phi) is 6.63. The van der Waals surface area contributed by atoms with Crippen LogP contribution in [0.4, 0.5) is 4.79 Å². The molecule has 0 aromatic carbocycles. The standard InChI is InChI=1S/C14H25N3O3S/c18-8-4-3-7-15-12(19)6-2-1-5-11-13-10(9-21-11)16-14(20)17-13/h10-11,13,18H,1-9H2,(H,15,19)(H2,16,17,20). The van der Waals surface area contributed by atoms with E-state index in [1.807, 2.05) is 11.8 Å². The van der Waals surface area contributed by atoms with E-state index in [1.54, 1.807) is 0 Å². The Morgan fingerprint density at radius 2 is 2.14 bits per heavy atom. The molecule has 0 saturated carbocycles. The number of fused-ring (bicyclic) bond motifs is 1. The minimum absolute atomic E-state index is 0.0439. The van der Waals surface area contributed by atoms with Gasteiger partial charge in [0.2, 0.25) is 5.91 Å². The molecule has 0 aromatic heterocycles. The number of unbranched alkanes of at least 4 members (excludes halogenated alkanes) is 2. The monoisotopic (exact) mass is 315 g/mol. The van der Waals surface area contributed by atoms with Crippen LogP contribution in [-0.2, 0) is 4.79 Å². The second-order valence-corrected chi connectivity index (χ2v) is 6.92. The SMILES string of the molecule is O=C(CCCCC1SCC2NC(=O)NC21)NCCCCO. The molecule has 0 radical (unpaired) electrons. The number of aliphatic hydroxyl groups is 1. The zero-order valence-corrected chi connectivity index (χ0v) is 13.1. The molecule has 2 aliphatic heterocycles. The summed E-state index contributed by atoms with van der Waals surface area (Å²) in [4.78, 5) is 22.9. The third-order valence-electron chi connectivity index (χ3n) is 3.99. The van der Waals surface area contributed by atoms with Crippen LogP contribution in [0, 0.1) is 0 Å². The minimum Gasteiger partial charge on any atom is -0.396 e. The zero-order valence-electron chi connectivity index (χ0n) is 12.3. The van der Waals surface area contributed by atoms with Gasteiger partial charge < -0.3 is 21.1 Å². The van der Waals surface area contributed by atoms with Crippen molar-refractivity contribution in [2.75, 3.05) is 18.9 Å². The minimum atomic E-state index is -0.0439. The highest BCUT2D eigenvalue weighted by Gasteiger charge is 2.42. The third kappa shape index (κ3) is 5.07. The molecule has 120 valence electrons. The second-order valence-electron chi connectivity index (χ2n) is 5.65. The number of hydrogen-bond donors (Lipinski definition) is 4. The lowest BCUT2D eigenvalue weighted by Gasteiger charge is -2.16. The molecule has 2 rings (SSSR count). The van der Waals surface area contributed by atoms with Crippen molar-refractivity contribution in [2.24, 2.45) is 0 Å². The maximum atomic E-state index is 11.6. The maximum Gasteiger partial charge on any atom is 0.315 e. The van der Waals surface area contributed by atoms with Gasteiger partial charge in [0.05, 0.1) is 12.1 Å². The highest BCUT2D eigenvalue weighted by Crippen LogP contribution is 2.33. The summed E-state index contributed by atoms with van der Waals surface area (Å²) in [6, 6.07) is 0.495. The molecule has 21 heavy (non-hydrogen) atoms. The molecule has 6 nitrogen and oxygen atoms in total. The molecular weight excluding hydrogens is 290 g/mol. The van der Waals surface area contributed by atoms with Gasteiger partial charge in [-0.05, 0) is 25.7 Å². The van der Waals surface area contributed by atoms with Crippen molar-refractivity contribution in [3.05, 3.63) is 0 Å². The summed E-state index contributed by atoms with van der Waals surface area (Å²) in [5.41, 5.74) is 0. The first-order valence-corrected chi connectivity index (χ1v) is 8.82. The number of urea groups is 1. The van der Waals surface area contributed by atoms with Gasteiger partial charge in [-0.25, -0.2) is 4.79 Å². The molecular formula is C14H25N3O3S. The molecule has 0 aromatic rings. The van der Waals surface area contributed by atoms with Crippen LogP contribution in [0.2, 0.25) is 0 Å². The van der Waals surface area contributed by atoms with Crippen molar-refractivity contribution in [1.29, 1.82) is 0 Å². The van der Waals surface area contributed by atoms with Crippen LogP contribution in [0.15, 0.2) is 0 Å². The first-order valence-electron chi connectivity index (χ1n) is 7.77.